The van der Waals surface area contributed by atoms with Crippen LogP contribution in [0.3, 0.4) is 0 Å². The van der Waals surface area contributed by atoms with Gasteiger partial charge in [-0.05, 0) is 6.54 Å². The van der Waals surface area contributed by atoms with Crippen LogP contribution in [0.5, 0.6) is 11.5 Å². The molecule has 9 nitrogen and oxygen atoms in total. The van der Waals surface area contributed by atoms with Crippen molar-refractivity contribution in [1.29, 1.82) is 0 Å². The van der Waals surface area contributed by atoms with Crippen LogP contribution in [0.1, 0.15) is 29.8 Å². The molecular formula is C30H30GaN3O6S. The zero-order valence-electron chi connectivity index (χ0n) is 23.2. The predicted molar refractivity (Wildman–Crippen MR) is 160 cm³/mol. The summed E-state index contributed by atoms with van der Waals surface area (Å²) in [5.74, 6) is -1.92. The molecule has 1 atom stereocenters. The third-order valence-electron chi connectivity index (χ3n) is 5.85. The molecule has 11 heteroatoms. The van der Waals surface area contributed by atoms with Crippen molar-refractivity contribution in [2.45, 2.75) is 26.7 Å². The fourth-order valence-corrected chi connectivity index (χ4v) is 7.33. The number of fused-ring (bicyclic) bond motifs is 2. The third-order valence-corrected chi connectivity index (χ3v) is 9.32. The number of benzene rings is 2. The first kappa shape index (κ1) is 30.1. The Morgan fingerprint density at radius 3 is 1.85 bits per heavy atom. The minimum atomic E-state index is -3.96. The number of nitrogens with two attached hydrogens (primary N) is 1. The molecule has 0 aliphatic heterocycles. The summed E-state index contributed by atoms with van der Waals surface area (Å²) >= 11 is -2.60. The first-order valence-corrected chi connectivity index (χ1v) is 16.8. The number of methoxy groups -OCH3 is 1. The summed E-state index contributed by atoms with van der Waals surface area (Å²) in [6.45, 7) is 6.43. The van der Waals surface area contributed by atoms with E-state index in [1.807, 2.05) is 69.3 Å². The Morgan fingerprint density at radius 1 is 0.854 bits per heavy atom. The predicted octanol–water partition coefficient (Wildman–Crippen LogP) is 5.37. The topological polar surface area (TPSA) is 123 Å². The first-order chi connectivity index (χ1) is 19.8. The average molecular weight is 630 g/mol. The van der Waals surface area contributed by atoms with Crippen LogP contribution in [-0.2, 0) is 17.9 Å². The fraction of sp³-hybridized carbons (Fsp3) is 0.200. The molecule has 5 aromatic rings. The molecule has 41 heavy (non-hydrogen) atoms. The van der Waals surface area contributed by atoms with Gasteiger partial charge < -0.3 is 5.73 Å². The van der Waals surface area contributed by atoms with E-state index < -0.39 is 35.2 Å². The molecule has 5 rings (SSSR count). The Balaban J connectivity index is 0.00000124. The van der Waals surface area contributed by atoms with Crippen molar-refractivity contribution in [3.05, 3.63) is 94.4 Å². The maximum absolute atomic E-state index is 13.4. The van der Waals surface area contributed by atoms with Crippen LogP contribution in [0.4, 0.5) is 0 Å². The molecule has 0 aliphatic carbocycles. The van der Waals surface area contributed by atoms with Gasteiger partial charge in [-0.25, -0.2) is 0 Å². The summed E-state index contributed by atoms with van der Waals surface area (Å²) in [6.07, 6.45) is 0. The molecule has 2 N–H and O–H groups in total. The monoisotopic (exact) mass is 629 g/mol. The van der Waals surface area contributed by atoms with Crippen molar-refractivity contribution in [2.75, 3.05) is 13.7 Å². The van der Waals surface area contributed by atoms with E-state index in [0.29, 0.717) is 28.1 Å². The van der Waals surface area contributed by atoms with E-state index in [0.717, 1.165) is 28.7 Å². The molecule has 0 radical (unpaired) electrons. The second-order valence-corrected chi connectivity index (χ2v) is 12.4. The quantitative estimate of drug-likeness (QED) is 0.137. The number of nitrogens with zero attached hydrogens (tertiary/aromatic N) is 2. The van der Waals surface area contributed by atoms with Crippen LogP contribution in [0.15, 0.2) is 77.5 Å². The van der Waals surface area contributed by atoms with E-state index in [1.165, 1.54) is 18.4 Å². The van der Waals surface area contributed by atoms with Gasteiger partial charge in [0.15, 0.2) is 0 Å². The number of hydrogen-bond acceptors (Lipinski definition) is 10. The minimum absolute atomic E-state index is 0.429. The zero-order valence-corrected chi connectivity index (χ0v) is 26.4. The summed E-state index contributed by atoms with van der Waals surface area (Å²) < 4.78 is 23.4. The van der Waals surface area contributed by atoms with E-state index in [1.54, 1.807) is 29.0 Å². The molecular weight excluding hydrogens is 600 g/mol. The van der Waals surface area contributed by atoms with Gasteiger partial charge in [-0.2, -0.15) is 0 Å². The zero-order chi connectivity index (χ0) is 29.4. The number of ether oxygens (including phenoxy) is 1. The Bertz CT molecular complexity index is 1560. The van der Waals surface area contributed by atoms with E-state index in [4.69, 9.17) is 21.1 Å². The first-order valence-electron chi connectivity index (χ1n) is 12.9. The van der Waals surface area contributed by atoms with Gasteiger partial charge in [-0.15, -0.1) is 0 Å². The second kappa shape index (κ2) is 14.1. The van der Waals surface area contributed by atoms with Crippen molar-refractivity contribution in [2.24, 2.45) is 5.73 Å². The Kier molecular flexibility index (Phi) is 10.4. The number of aryl methyl sites for hydroxylation is 2. The van der Waals surface area contributed by atoms with Gasteiger partial charge in [0.25, 0.3) is 0 Å². The standard InChI is InChI=1S/2C10H9NO.C8H8O4S.C2H7N.Ga/c2*1-7-5-6-8-3-2-4-9(12)10(8)11-7;1-12-8(11)6(7(9)10)5-2-3-13-4-5;1-2-3;/h2*2-6,12H,1H3;2-4,6H,1H3,(H,9,10);2-3H2,1H3;/q;;;;+3/p-3. The third kappa shape index (κ3) is 7.44. The summed E-state index contributed by atoms with van der Waals surface area (Å²) in [7, 11) is 1.23. The Labute approximate surface area is 248 Å². The summed E-state index contributed by atoms with van der Waals surface area (Å²) in [4.78, 5) is 35.2. The number of esters is 1. The molecule has 0 spiro atoms. The van der Waals surface area contributed by atoms with Gasteiger partial charge in [0.2, 0.25) is 0 Å². The SMILES string of the molecule is CCN.COC(=O)C(C(=O)[O][Ga]([O]c1cccc2ccc(C)nc12)[O]c1cccc2ccc(C)nc12)c1ccsc1. The second-order valence-electron chi connectivity index (χ2n) is 8.94. The van der Waals surface area contributed by atoms with Gasteiger partial charge in [0.05, 0.1) is 0 Å². The molecule has 0 saturated carbocycles. The molecule has 0 aliphatic rings. The van der Waals surface area contributed by atoms with E-state index >= 15 is 0 Å². The molecule has 0 amide bonds. The molecule has 3 aromatic heterocycles. The molecule has 1 unspecified atom stereocenters. The normalized spacial score (nSPS) is 11.2. The number of carbonyl (C=O) groups is 2. The fourth-order valence-electron chi connectivity index (χ4n) is 3.99. The van der Waals surface area contributed by atoms with Gasteiger partial charge in [-0.1, -0.05) is 6.92 Å². The summed E-state index contributed by atoms with van der Waals surface area (Å²) in [5, 5.41) is 5.22. The molecule has 3 heterocycles. The van der Waals surface area contributed by atoms with Crippen LogP contribution in [-0.4, -0.2) is 52.9 Å². The number of carbonyl (C=O) groups excluding carboxylic acids is 2. The number of thiophene rings is 1. The van der Waals surface area contributed by atoms with Crippen molar-refractivity contribution in [1.82, 2.24) is 9.97 Å². The van der Waals surface area contributed by atoms with Crippen molar-refractivity contribution < 1.29 is 24.9 Å². The van der Waals surface area contributed by atoms with E-state index in [2.05, 4.69) is 9.97 Å². The van der Waals surface area contributed by atoms with Crippen LogP contribution in [0, 0.1) is 13.8 Å². The molecule has 0 bridgehead atoms. The Hall–Kier alpha value is -3.90. The number of aromatic nitrogens is 2. The summed E-state index contributed by atoms with van der Waals surface area (Å²) in [5.41, 5.74) is 8.20. The van der Waals surface area contributed by atoms with Crippen LogP contribution in [0.25, 0.3) is 21.8 Å². The number of pyridine rings is 2. The molecule has 0 fully saturated rings. The molecule has 0 saturated heterocycles. The number of rotatable bonds is 8. The molecule has 2 aromatic carbocycles. The van der Waals surface area contributed by atoms with Gasteiger partial charge in [0, 0.05) is 0 Å². The summed E-state index contributed by atoms with van der Waals surface area (Å²) in [6, 6.07) is 20.4. The van der Waals surface area contributed by atoms with Crippen LogP contribution in [0.2, 0.25) is 0 Å². The van der Waals surface area contributed by atoms with Crippen molar-refractivity contribution >= 4 is 62.4 Å². The van der Waals surface area contributed by atoms with E-state index in [-0.39, 0.29) is 0 Å². The average Bonchev–Trinajstić information content (AvgIpc) is 3.48. The number of para-hydroxylation sites is 2. The van der Waals surface area contributed by atoms with Crippen molar-refractivity contribution in [3.63, 3.8) is 0 Å². The van der Waals surface area contributed by atoms with Gasteiger partial charge >= 0.3 is 230 Å². The van der Waals surface area contributed by atoms with Crippen molar-refractivity contribution in [3.8, 4) is 11.5 Å². The van der Waals surface area contributed by atoms with Crippen LogP contribution < -0.4 is 12.8 Å². The van der Waals surface area contributed by atoms with Gasteiger partial charge in [-0.3, -0.25) is 0 Å². The van der Waals surface area contributed by atoms with Crippen LogP contribution >= 0.6 is 11.3 Å². The van der Waals surface area contributed by atoms with E-state index in [9.17, 15) is 9.59 Å². The maximum atomic E-state index is 13.4. The van der Waals surface area contributed by atoms with Gasteiger partial charge in [0.1, 0.15) is 0 Å². The Morgan fingerprint density at radius 2 is 1.39 bits per heavy atom. The number of hydrogen-bond donors (Lipinski definition) is 1. The molecule has 210 valence electrons.